The van der Waals surface area contributed by atoms with Gasteiger partial charge in [-0.1, -0.05) is 0 Å². The quantitative estimate of drug-likeness (QED) is 0.799. The number of nitrogens with zero attached hydrogens (tertiary/aromatic N) is 3. The summed E-state index contributed by atoms with van der Waals surface area (Å²) in [5.74, 6) is -1.30. The van der Waals surface area contributed by atoms with Gasteiger partial charge in [-0.3, -0.25) is 9.48 Å². The first-order valence-corrected chi connectivity index (χ1v) is 8.03. The van der Waals surface area contributed by atoms with Crippen molar-refractivity contribution in [1.29, 1.82) is 0 Å². The van der Waals surface area contributed by atoms with Crippen molar-refractivity contribution in [2.24, 2.45) is 13.0 Å². The van der Waals surface area contributed by atoms with Gasteiger partial charge in [-0.15, -0.1) is 3.89 Å². The lowest BCUT2D eigenvalue weighted by Crippen LogP contribution is -2.25. The predicted octanol–water partition coefficient (Wildman–Crippen LogP) is 1.23. The van der Waals surface area contributed by atoms with Gasteiger partial charge in [-0.05, 0) is 18.2 Å². The van der Waals surface area contributed by atoms with Crippen LogP contribution in [0.4, 0.5) is 9.57 Å². The van der Waals surface area contributed by atoms with Gasteiger partial charge in [-0.2, -0.15) is 13.5 Å². The van der Waals surface area contributed by atoms with E-state index in [1.807, 2.05) is 19.3 Å². The van der Waals surface area contributed by atoms with E-state index in [0.29, 0.717) is 5.69 Å². The number of anilines is 1. The number of aromatic nitrogens is 2. The van der Waals surface area contributed by atoms with Crippen LogP contribution in [0, 0.1) is 5.92 Å². The smallest absolute Gasteiger partial charge is 0.302 e. The maximum atomic E-state index is 12.7. The second kappa shape index (κ2) is 4.80. The van der Waals surface area contributed by atoms with E-state index in [1.165, 1.54) is 4.90 Å². The van der Waals surface area contributed by atoms with Crippen molar-refractivity contribution in [3.8, 4) is 0 Å². The molecule has 0 N–H and O–H groups in total. The van der Waals surface area contributed by atoms with Crippen molar-refractivity contribution in [3.63, 3.8) is 0 Å². The number of carbonyl (C=O) groups excluding carboxylic acids is 1. The first-order valence-electron chi connectivity index (χ1n) is 6.48. The highest BCUT2D eigenvalue weighted by molar-refractivity contribution is 7.86. The molecule has 0 spiro atoms. The number of aryl methyl sites for hydroxylation is 1. The van der Waals surface area contributed by atoms with Crippen LogP contribution in [0.1, 0.15) is 6.42 Å². The molecule has 21 heavy (non-hydrogen) atoms. The van der Waals surface area contributed by atoms with E-state index in [0.717, 1.165) is 10.9 Å². The first-order chi connectivity index (χ1) is 9.82. The summed E-state index contributed by atoms with van der Waals surface area (Å²) in [4.78, 5) is 13.5. The van der Waals surface area contributed by atoms with E-state index in [9.17, 15) is 17.1 Å². The number of halogens is 1. The summed E-state index contributed by atoms with van der Waals surface area (Å²) >= 11 is 0. The summed E-state index contributed by atoms with van der Waals surface area (Å²) in [6.07, 6.45) is 1.89. The SMILES string of the molecule is Cn1cc2cc(N3CC(CS(=O)(=O)F)CC3=O)ccc2n1. The van der Waals surface area contributed by atoms with E-state index in [-0.39, 0.29) is 18.9 Å². The molecule has 1 fully saturated rings. The monoisotopic (exact) mass is 311 g/mol. The van der Waals surface area contributed by atoms with Crippen molar-refractivity contribution >= 4 is 32.7 Å². The van der Waals surface area contributed by atoms with Gasteiger partial charge < -0.3 is 4.90 Å². The van der Waals surface area contributed by atoms with E-state index in [1.54, 1.807) is 16.8 Å². The van der Waals surface area contributed by atoms with Gasteiger partial charge >= 0.3 is 10.2 Å². The highest BCUT2D eigenvalue weighted by atomic mass is 32.3. The summed E-state index contributed by atoms with van der Waals surface area (Å²) in [5.41, 5.74) is 1.50. The molecule has 6 nitrogen and oxygen atoms in total. The maximum absolute atomic E-state index is 12.7. The molecule has 1 amide bonds. The van der Waals surface area contributed by atoms with Gasteiger partial charge in [0, 0.05) is 43.2 Å². The fourth-order valence-corrected chi connectivity index (χ4v) is 3.51. The summed E-state index contributed by atoms with van der Waals surface area (Å²) in [7, 11) is -2.75. The Labute approximate surface area is 121 Å². The number of benzene rings is 1. The molecule has 0 saturated carbocycles. The molecule has 1 unspecified atom stereocenters. The molecule has 0 radical (unpaired) electrons. The predicted molar refractivity (Wildman–Crippen MR) is 76.1 cm³/mol. The zero-order valence-corrected chi connectivity index (χ0v) is 12.2. The van der Waals surface area contributed by atoms with E-state index in [4.69, 9.17) is 0 Å². The van der Waals surface area contributed by atoms with Crippen LogP contribution in [0.5, 0.6) is 0 Å². The number of hydrogen-bond acceptors (Lipinski definition) is 4. The maximum Gasteiger partial charge on any atom is 0.302 e. The average molecular weight is 311 g/mol. The third kappa shape index (κ3) is 2.90. The Morgan fingerprint density at radius 1 is 1.43 bits per heavy atom. The normalized spacial score (nSPS) is 19.6. The first kappa shape index (κ1) is 14.0. The highest BCUT2D eigenvalue weighted by Crippen LogP contribution is 2.28. The molecule has 8 heteroatoms. The lowest BCUT2D eigenvalue weighted by Gasteiger charge is -2.16. The summed E-state index contributed by atoms with van der Waals surface area (Å²) < 4.78 is 35.8. The van der Waals surface area contributed by atoms with Gasteiger partial charge in [0.15, 0.2) is 0 Å². The minimum atomic E-state index is -4.56. The fourth-order valence-electron chi connectivity index (χ4n) is 2.73. The molecule has 0 bridgehead atoms. The van der Waals surface area contributed by atoms with Crippen LogP contribution in [0.2, 0.25) is 0 Å². The molecule has 1 saturated heterocycles. The molecular formula is C13H14FN3O3S. The van der Waals surface area contributed by atoms with E-state index < -0.39 is 21.9 Å². The van der Waals surface area contributed by atoms with Crippen LogP contribution in [-0.4, -0.2) is 36.4 Å². The van der Waals surface area contributed by atoms with E-state index >= 15 is 0 Å². The minimum absolute atomic E-state index is 0.0498. The second-order valence-electron chi connectivity index (χ2n) is 5.33. The van der Waals surface area contributed by atoms with Crippen LogP contribution in [0.3, 0.4) is 0 Å². The highest BCUT2D eigenvalue weighted by Gasteiger charge is 2.33. The molecule has 1 atom stereocenters. The van der Waals surface area contributed by atoms with Gasteiger partial charge in [0.1, 0.15) is 0 Å². The number of carbonyl (C=O) groups is 1. The number of fused-ring (bicyclic) bond motifs is 1. The molecule has 0 aliphatic carbocycles. The lowest BCUT2D eigenvalue weighted by atomic mass is 10.1. The molecule has 112 valence electrons. The molecular weight excluding hydrogens is 297 g/mol. The molecule has 1 aromatic carbocycles. The standard InChI is InChI=1S/C13H14FN3O3S/c1-16-7-10-5-11(2-3-12(10)15-16)17-6-9(4-13(17)18)8-21(14,19)20/h2-3,5,7,9H,4,6,8H2,1H3. The van der Waals surface area contributed by atoms with Crippen LogP contribution in [-0.2, 0) is 22.1 Å². The Bertz CT molecular complexity index is 815. The number of hydrogen-bond donors (Lipinski definition) is 0. The Kier molecular flexibility index (Phi) is 3.20. The van der Waals surface area contributed by atoms with Crippen molar-refractivity contribution in [2.45, 2.75) is 6.42 Å². The van der Waals surface area contributed by atoms with Crippen molar-refractivity contribution in [3.05, 3.63) is 24.4 Å². The van der Waals surface area contributed by atoms with E-state index in [2.05, 4.69) is 5.10 Å². The summed E-state index contributed by atoms with van der Waals surface area (Å²) in [6, 6.07) is 5.39. The third-order valence-corrected chi connectivity index (χ3v) is 4.42. The fraction of sp³-hybridized carbons (Fsp3) is 0.385. The Hall–Kier alpha value is -1.96. The molecule has 3 rings (SSSR count). The van der Waals surface area contributed by atoms with Gasteiger partial charge in [-0.25, -0.2) is 0 Å². The second-order valence-corrected chi connectivity index (χ2v) is 6.74. The summed E-state index contributed by atoms with van der Waals surface area (Å²) in [6.45, 7) is 0.216. The van der Waals surface area contributed by atoms with Crippen LogP contribution >= 0.6 is 0 Å². The molecule has 1 aromatic heterocycles. The van der Waals surface area contributed by atoms with Gasteiger partial charge in [0.25, 0.3) is 0 Å². The molecule has 2 heterocycles. The molecule has 1 aliphatic heterocycles. The largest absolute Gasteiger partial charge is 0.312 e. The van der Waals surface area contributed by atoms with Crippen LogP contribution in [0.15, 0.2) is 24.4 Å². The Morgan fingerprint density at radius 2 is 2.19 bits per heavy atom. The zero-order chi connectivity index (χ0) is 15.2. The van der Waals surface area contributed by atoms with Crippen LogP contribution < -0.4 is 4.90 Å². The van der Waals surface area contributed by atoms with Gasteiger partial charge in [0.05, 0.1) is 11.3 Å². The van der Waals surface area contributed by atoms with Crippen molar-refractivity contribution in [1.82, 2.24) is 9.78 Å². The lowest BCUT2D eigenvalue weighted by molar-refractivity contribution is -0.117. The average Bonchev–Trinajstić information content (AvgIpc) is 2.88. The molecule has 1 aliphatic rings. The third-order valence-electron chi connectivity index (χ3n) is 3.55. The van der Waals surface area contributed by atoms with Gasteiger partial charge in [0.2, 0.25) is 5.91 Å². The Morgan fingerprint density at radius 3 is 2.90 bits per heavy atom. The zero-order valence-electron chi connectivity index (χ0n) is 11.4. The minimum Gasteiger partial charge on any atom is -0.312 e. The van der Waals surface area contributed by atoms with Crippen molar-refractivity contribution < 1.29 is 17.1 Å². The Balaban J connectivity index is 1.86. The summed E-state index contributed by atoms with van der Waals surface area (Å²) in [5, 5.41) is 5.14. The number of amides is 1. The topological polar surface area (TPSA) is 72.3 Å². The van der Waals surface area contributed by atoms with Crippen LogP contribution in [0.25, 0.3) is 10.9 Å². The molecule has 2 aromatic rings. The number of rotatable bonds is 3. The van der Waals surface area contributed by atoms with Crippen molar-refractivity contribution in [2.75, 3.05) is 17.2 Å².